The fourth-order valence-corrected chi connectivity index (χ4v) is 1.38. The minimum absolute atomic E-state index is 0.278. The van der Waals surface area contributed by atoms with E-state index >= 15 is 0 Å². The summed E-state index contributed by atoms with van der Waals surface area (Å²) in [6.07, 6.45) is 2.79. The Morgan fingerprint density at radius 1 is 1.53 bits per heavy atom. The highest BCUT2D eigenvalue weighted by Crippen LogP contribution is 2.17. The van der Waals surface area contributed by atoms with Crippen molar-refractivity contribution in [2.75, 3.05) is 6.54 Å². The number of nitrogens with one attached hydrogen (secondary N) is 1. The summed E-state index contributed by atoms with van der Waals surface area (Å²) in [6, 6.07) is 5.07. The maximum Gasteiger partial charge on any atom is 0.304 e. The number of rotatable bonds is 6. The van der Waals surface area contributed by atoms with Gasteiger partial charge >= 0.3 is 5.97 Å². The molecule has 0 spiro atoms. The lowest BCUT2D eigenvalue weighted by atomic mass is 10.00. The topological polar surface area (TPSA) is 79.3 Å². The van der Waals surface area contributed by atoms with Crippen molar-refractivity contribution in [3.05, 3.63) is 42.7 Å². The highest BCUT2D eigenvalue weighted by Gasteiger charge is 2.24. The van der Waals surface area contributed by atoms with Gasteiger partial charge in [0, 0.05) is 12.7 Å². The molecular weight excluding hydrogens is 220 g/mol. The molecule has 1 atom stereocenters. The maximum absolute atomic E-state index is 11.8. The molecule has 0 aliphatic carbocycles. The molecule has 1 rings (SSSR count). The Kier molecular flexibility index (Phi) is 4.87. The Balaban J connectivity index is 2.84. The zero-order valence-corrected chi connectivity index (χ0v) is 9.30. The number of carbonyl (C=O) groups excluding carboxylic acids is 1. The number of aliphatic carboxylic acids is 1. The van der Waals surface area contributed by atoms with Gasteiger partial charge in [-0.15, -0.1) is 6.58 Å². The van der Waals surface area contributed by atoms with Crippen LogP contribution >= 0.6 is 0 Å². The first-order valence-electron chi connectivity index (χ1n) is 5.16. The number of carboxylic acid groups (broad SMARTS) is 1. The molecule has 5 heteroatoms. The molecule has 1 unspecified atom stereocenters. The zero-order chi connectivity index (χ0) is 12.7. The number of nitrogens with zero attached hydrogens (tertiary/aromatic N) is 1. The zero-order valence-electron chi connectivity index (χ0n) is 9.30. The highest BCUT2D eigenvalue weighted by atomic mass is 16.4. The van der Waals surface area contributed by atoms with Crippen LogP contribution in [0.5, 0.6) is 0 Å². The monoisotopic (exact) mass is 234 g/mol. The van der Waals surface area contributed by atoms with E-state index in [0.29, 0.717) is 12.2 Å². The second kappa shape index (κ2) is 6.42. The highest BCUT2D eigenvalue weighted by molar-refractivity contribution is 5.87. The number of pyridine rings is 1. The first-order chi connectivity index (χ1) is 8.15. The number of carbonyl (C=O) groups is 2. The van der Waals surface area contributed by atoms with E-state index in [0.717, 1.165) is 0 Å². The first-order valence-corrected chi connectivity index (χ1v) is 5.16. The van der Waals surface area contributed by atoms with Gasteiger partial charge in [-0.25, -0.2) is 0 Å². The second-order valence-electron chi connectivity index (χ2n) is 3.44. The summed E-state index contributed by atoms with van der Waals surface area (Å²) in [4.78, 5) is 26.5. The molecule has 1 aromatic rings. The van der Waals surface area contributed by atoms with Gasteiger partial charge in [-0.1, -0.05) is 12.1 Å². The summed E-state index contributed by atoms with van der Waals surface area (Å²) in [5.74, 6) is -2.16. The van der Waals surface area contributed by atoms with Crippen LogP contribution in [-0.4, -0.2) is 28.5 Å². The maximum atomic E-state index is 11.8. The molecule has 1 heterocycles. The summed E-state index contributed by atoms with van der Waals surface area (Å²) >= 11 is 0. The van der Waals surface area contributed by atoms with Crippen LogP contribution in [0.1, 0.15) is 18.0 Å². The molecule has 0 radical (unpaired) electrons. The van der Waals surface area contributed by atoms with E-state index in [9.17, 15) is 9.59 Å². The molecule has 5 nitrogen and oxygen atoms in total. The number of amides is 1. The van der Waals surface area contributed by atoms with Gasteiger partial charge in [-0.3, -0.25) is 14.6 Å². The van der Waals surface area contributed by atoms with Gasteiger partial charge in [0.1, 0.15) is 0 Å². The van der Waals surface area contributed by atoms with Crippen LogP contribution in [0.3, 0.4) is 0 Å². The van der Waals surface area contributed by atoms with Crippen LogP contribution in [0.15, 0.2) is 37.1 Å². The Morgan fingerprint density at radius 2 is 2.29 bits per heavy atom. The van der Waals surface area contributed by atoms with E-state index < -0.39 is 11.9 Å². The van der Waals surface area contributed by atoms with Gasteiger partial charge in [0.25, 0.3) is 0 Å². The molecular formula is C12H14N2O3. The van der Waals surface area contributed by atoms with E-state index in [1.165, 1.54) is 12.3 Å². The van der Waals surface area contributed by atoms with Crippen LogP contribution in [-0.2, 0) is 9.59 Å². The Hall–Kier alpha value is -2.17. The number of carboxylic acids is 1. The first kappa shape index (κ1) is 12.9. The van der Waals surface area contributed by atoms with Crippen LogP contribution in [0.4, 0.5) is 0 Å². The van der Waals surface area contributed by atoms with E-state index in [1.807, 2.05) is 0 Å². The third-order valence-corrected chi connectivity index (χ3v) is 2.16. The van der Waals surface area contributed by atoms with E-state index in [4.69, 9.17) is 5.11 Å². The summed E-state index contributed by atoms with van der Waals surface area (Å²) in [7, 11) is 0. The Labute approximate surface area is 99.2 Å². The molecule has 0 aliphatic heterocycles. The van der Waals surface area contributed by atoms with Gasteiger partial charge in [0.15, 0.2) is 0 Å². The predicted octanol–water partition coefficient (Wildman–Crippen LogP) is 0.942. The largest absolute Gasteiger partial charge is 0.481 e. The average molecular weight is 234 g/mol. The molecule has 1 aromatic heterocycles. The van der Waals surface area contributed by atoms with Gasteiger partial charge < -0.3 is 10.4 Å². The van der Waals surface area contributed by atoms with Crippen molar-refractivity contribution in [2.45, 2.75) is 12.3 Å². The minimum Gasteiger partial charge on any atom is -0.481 e. The SMILES string of the molecule is C=CCNC(=O)C(CC(=O)O)c1ccccn1. The van der Waals surface area contributed by atoms with Crippen LogP contribution in [0.25, 0.3) is 0 Å². The lowest BCUT2D eigenvalue weighted by molar-refractivity contribution is -0.139. The summed E-state index contributed by atoms with van der Waals surface area (Å²) in [5.41, 5.74) is 0.455. The molecule has 17 heavy (non-hydrogen) atoms. The smallest absolute Gasteiger partial charge is 0.304 e. The molecule has 0 saturated heterocycles. The van der Waals surface area contributed by atoms with Crippen molar-refractivity contribution in [1.29, 1.82) is 0 Å². The molecule has 1 amide bonds. The third kappa shape index (κ3) is 4.06. The van der Waals surface area contributed by atoms with Gasteiger partial charge in [-0.05, 0) is 12.1 Å². The quantitative estimate of drug-likeness (QED) is 0.718. The molecule has 0 aliphatic rings. The van der Waals surface area contributed by atoms with E-state index in [1.54, 1.807) is 18.2 Å². The van der Waals surface area contributed by atoms with Crippen LogP contribution in [0.2, 0.25) is 0 Å². The predicted molar refractivity (Wildman–Crippen MR) is 62.4 cm³/mol. The molecule has 90 valence electrons. The van der Waals surface area contributed by atoms with E-state index in [2.05, 4.69) is 16.9 Å². The van der Waals surface area contributed by atoms with Gasteiger partial charge in [-0.2, -0.15) is 0 Å². The molecule has 0 bridgehead atoms. The molecule has 2 N–H and O–H groups in total. The number of aromatic nitrogens is 1. The molecule has 0 aromatic carbocycles. The minimum atomic E-state index is -1.03. The lowest BCUT2D eigenvalue weighted by Crippen LogP contribution is -2.31. The number of hydrogen-bond donors (Lipinski definition) is 2. The summed E-state index contributed by atoms with van der Waals surface area (Å²) in [5, 5.41) is 11.4. The standard InChI is InChI=1S/C12H14N2O3/c1-2-6-14-12(17)9(8-11(15)16)10-5-3-4-7-13-10/h2-5,7,9H,1,6,8H2,(H,14,17)(H,15,16). The van der Waals surface area contributed by atoms with Crippen LogP contribution in [0, 0.1) is 0 Å². The van der Waals surface area contributed by atoms with Crippen molar-refractivity contribution in [3.8, 4) is 0 Å². The fourth-order valence-electron chi connectivity index (χ4n) is 1.38. The van der Waals surface area contributed by atoms with E-state index in [-0.39, 0.29) is 12.3 Å². The summed E-state index contributed by atoms with van der Waals surface area (Å²) < 4.78 is 0. The van der Waals surface area contributed by atoms with Gasteiger partial charge in [0.05, 0.1) is 18.0 Å². The third-order valence-electron chi connectivity index (χ3n) is 2.16. The fraction of sp³-hybridized carbons (Fsp3) is 0.250. The van der Waals surface area contributed by atoms with Crippen molar-refractivity contribution in [2.24, 2.45) is 0 Å². The lowest BCUT2D eigenvalue weighted by Gasteiger charge is -2.13. The van der Waals surface area contributed by atoms with Crippen molar-refractivity contribution >= 4 is 11.9 Å². The van der Waals surface area contributed by atoms with Crippen molar-refractivity contribution in [3.63, 3.8) is 0 Å². The van der Waals surface area contributed by atoms with Crippen molar-refractivity contribution < 1.29 is 14.7 Å². The van der Waals surface area contributed by atoms with Crippen molar-refractivity contribution in [1.82, 2.24) is 10.3 Å². The Morgan fingerprint density at radius 3 is 2.82 bits per heavy atom. The number of hydrogen-bond acceptors (Lipinski definition) is 3. The van der Waals surface area contributed by atoms with Crippen LogP contribution < -0.4 is 5.32 Å². The molecule has 0 saturated carbocycles. The molecule has 0 fully saturated rings. The Bertz CT molecular complexity index is 403. The van der Waals surface area contributed by atoms with Gasteiger partial charge in [0.2, 0.25) is 5.91 Å². The average Bonchev–Trinajstić information content (AvgIpc) is 2.34. The second-order valence-corrected chi connectivity index (χ2v) is 3.44. The summed E-state index contributed by atoms with van der Waals surface area (Å²) in [6.45, 7) is 3.79. The normalized spacial score (nSPS) is 11.5.